The number of carbonyl (C=O) groups excluding carboxylic acids is 2. The molecular weight excluding hydrogens is 504 g/mol. The van der Waals surface area contributed by atoms with Crippen LogP contribution in [0.3, 0.4) is 0 Å². The zero-order chi connectivity index (χ0) is 28.2. The van der Waals surface area contributed by atoms with E-state index in [0.717, 1.165) is 47.2 Å². The summed E-state index contributed by atoms with van der Waals surface area (Å²) in [5, 5.41) is 3.84. The minimum atomic E-state index is -0.605. The number of amides is 1. The smallest absolute Gasteiger partial charge is 0.296 e. The molecule has 0 aliphatic carbocycles. The number of H-pyrrole nitrogens is 1. The van der Waals surface area contributed by atoms with Crippen LogP contribution in [0.2, 0.25) is 0 Å². The van der Waals surface area contributed by atoms with Crippen LogP contribution in [0.5, 0.6) is 0 Å². The summed E-state index contributed by atoms with van der Waals surface area (Å²) in [5.74, 6) is 0.360. The number of Topliss-reactive ketones (excluding diaryl/α,β-unsaturated/α-hetero) is 1. The van der Waals surface area contributed by atoms with Gasteiger partial charge in [0.25, 0.3) is 0 Å². The molecule has 8 heteroatoms. The van der Waals surface area contributed by atoms with E-state index in [-0.39, 0.29) is 11.7 Å². The van der Waals surface area contributed by atoms with Gasteiger partial charge in [-0.25, -0.2) is 14.6 Å². The van der Waals surface area contributed by atoms with Gasteiger partial charge in [0.15, 0.2) is 11.6 Å². The summed E-state index contributed by atoms with van der Waals surface area (Å²) in [5.41, 5.74) is 6.39. The molecule has 40 heavy (non-hydrogen) atoms. The Kier molecular flexibility index (Phi) is 7.79. The molecule has 4 aromatic rings. The number of amidine groups is 1. The predicted molar refractivity (Wildman–Crippen MR) is 153 cm³/mol. The van der Waals surface area contributed by atoms with E-state index in [9.17, 15) is 14.4 Å². The van der Waals surface area contributed by atoms with Gasteiger partial charge in [-0.05, 0) is 36.5 Å². The van der Waals surface area contributed by atoms with Gasteiger partial charge >= 0.3 is 11.7 Å². The summed E-state index contributed by atoms with van der Waals surface area (Å²) in [6, 6.07) is 22.9. The van der Waals surface area contributed by atoms with Gasteiger partial charge in [0.05, 0.1) is 11.3 Å². The number of aromatic amines is 1. The maximum Gasteiger partial charge on any atom is 0.439 e. The molecule has 3 aromatic carbocycles. The second kappa shape index (κ2) is 11.6. The lowest BCUT2D eigenvalue weighted by Crippen LogP contribution is -3.13. The van der Waals surface area contributed by atoms with E-state index in [1.807, 2.05) is 61.5 Å². The van der Waals surface area contributed by atoms with Crippen molar-refractivity contribution in [2.45, 2.75) is 46.5 Å². The monoisotopic (exact) mass is 535 g/mol. The van der Waals surface area contributed by atoms with Gasteiger partial charge in [-0.3, -0.25) is 14.3 Å². The van der Waals surface area contributed by atoms with Crippen LogP contribution in [0, 0.1) is 0 Å². The van der Waals surface area contributed by atoms with Crippen LogP contribution in [-0.4, -0.2) is 27.7 Å². The number of allylic oxidation sites excluding steroid dienone is 1. The Morgan fingerprint density at radius 3 is 2.40 bits per heavy atom. The average molecular weight is 536 g/mol. The molecule has 2 N–H and O–H groups in total. The molecule has 8 nitrogen and oxygen atoms in total. The summed E-state index contributed by atoms with van der Waals surface area (Å²) in [7, 11) is 0. The minimum absolute atomic E-state index is 0.0382. The molecule has 1 amide bonds. The number of ketones is 1. The molecule has 1 aliphatic rings. The van der Waals surface area contributed by atoms with Crippen molar-refractivity contribution >= 4 is 23.2 Å². The molecule has 0 fully saturated rings. The largest absolute Gasteiger partial charge is 0.439 e. The van der Waals surface area contributed by atoms with Crippen LogP contribution in [0.4, 0.5) is 5.69 Å². The van der Waals surface area contributed by atoms with Crippen molar-refractivity contribution in [1.29, 1.82) is 0 Å². The van der Waals surface area contributed by atoms with Gasteiger partial charge in [-0.1, -0.05) is 79.2 Å². The number of aromatic nitrogens is 2. The summed E-state index contributed by atoms with van der Waals surface area (Å²) >= 11 is 0. The first kappa shape index (κ1) is 26.9. The average Bonchev–Trinajstić information content (AvgIpc) is 3.40. The quantitative estimate of drug-likeness (QED) is 0.291. The van der Waals surface area contributed by atoms with E-state index < -0.39 is 5.76 Å². The molecular formula is C32H31N4O4+. The van der Waals surface area contributed by atoms with Crippen LogP contribution in [0.1, 0.15) is 56.0 Å². The molecule has 1 aromatic heterocycles. The number of unbranched alkanes of at least 4 members (excludes halogenated alkanes) is 1. The van der Waals surface area contributed by atoms with E-state index in [1.165, 1.54) is 6.92 Å². The second-order valence-corrected chi connectivity index (χ2v) is 9.93. The van der Waals surface area contributed by atoms with Gasteiger partial charge < -0.3 is 0 Å². The van der Waals surface area contributed by atoms with Crippen molar-refractivity contribution in [3.05, 3.63) is 106 Å². The van der Waals surface area contributed by atoms with E-state index in [1.54, 1.807) is 18.2 Å². The minimum Gasteiger partial charge on any atom is -0.296 e. The molecule has 0 saturated carbocycles. The predicted octanol–water partition coefficient (Wildman–Crippen LogP) is 5.06. The van der Waals surface area contributed by atoms with Crippen LogP contribution in [0.25, 0.3) is 22.5 Å². The van der Waals surface area contributed by atoms with Crippen molar-refractivity contribution < 1.29 is 19.0 Å². The third-order valence-corrected chi connectivity index (χ3v) is 7.11. The first-order valence-electron chi connectivity index (χ1n) is 13.4. The first-order chi connectivity index (χ1) is 19.4. The van der Waals surface area contributed by atoms with Crippen molar-refractivity contribution in [3.8, 4) is 22.5 Å². The normalized spacial score (nSPS) is 15.3. The van der Waals surface area contributed by atoms with Crippen molar-refractivity contribution in [1.82, 2.24) is 10.1 Å². The van der Waals surface area contributed by atoms with E-state index in [2.05, 4.69) is 17.1 Å². The number of rotatable bonds is 9. The zero-order valence-electron chi connectivity index (χ0n) is 22.8. The lowest BCUT2D eigenvalue weighted by atomic mass is 9.94. The summed E-state index contributed by atoms with van der Waals surface area (Å²) < 4.78 is 4.70. The maximum atomic E-state index is 14.0. The van der Waals surface area contributed by atoms with Crippen LogP contribution in [0.15, 0.2) is 98.4 Å². The highest BCUT2D eigenvalue weighted by Crippen LogP contribution is 2.30. The molecule has 1 unspecified atom stereocenters. The Bertz CT molecular complexity index is 1690. The van der Waals surface area contributed by atoms with Gasteiger partial charge in [-0.15, -0.1) is 0 Å². The molecule has 0 bridgehead atoms. The highest BCUT2D eigenvalue weighted by molar-refractivity contribution is 6.00. The first-order valence-corrected chi connectivity index (χ1v) is 13.4. The highest BCUT2D eigenvalue weighted by atomic mass is 16.5. The Morgan fingerprint density at radius 2 is 1.73 bits per heavy atom. The van der Waals surface area contributed by atoms with Gasteiger partial charge in [-0.2, -0.15) is 4.90 Å². The summed E-state index contributed by atoms with van der Waals surface area (Å²) in [4.78, 5) is 45.5. The third-order valence-electron chi connectivity index (χ3n) is 7.11. The van der Waals surface area contributed by atoms with Gasteiger partial charge in [0, 0.05) is 36.6 Å². The van der Waals surface area contributed by atoms with Crippen molar-refractivity contribution in [3.63, 3.8) is 0 Å². The van der Waals surface area contributed by atoms with Gasteiger partial charge in [0.2, 0.25) is 5.84 Å². The Hall–Kier alpha value is -4.69. The molecule has 0 spiro atoms. The summed E-state index contributed by atoms with van der Waals surface area (Å²) in [6.45, 7) is 5.51. The van der Waals surface area contributed by atoms with Crippen molar-refractivity contribution in [2.75, 3.05) is 0 Å². The topological polar surface area (TPSA) is 110 Å². The number of hydrogen-bond donors (Lipinski definition) is 2. The molecule has 0 radical (unpaired) electrons. The van der Waals surface area contributed by atoms with E-state index in [0.29, 0.717) is 39.8 Å². The lowest BCUT2D eigenvalue weighted by Gasteiger charge is -2.23. The van der Waals surface area contributed by atoms with Crippen LogP contribution >= 0.6 is 0 Å². The molecule has 1 atom stereocenters. The zero-order valence-corrected chi connectivity index (χ0v) is 22.8. The number of quaternary nitrogens is 1. The fraction of sp³-hybridized carbons (Fsp3) is 0.219. The lowest BCUT2D eigenvalue weighted by molar-refractivity contribution is -0.641. The highest BCUT2D eigenvalue weighted by Gasteiger charge is 2.35. The second-order valence-electron chi connectivity index (χ2n) is 9.93. The number of nitrogens with zero attached hydrogens (tertiary/aromatic N) is 2. The fourth-order valence-corrected chi connectivity index (χ4v) is 5.03. The standard InChI is InChI=1S/C32H30N4O4/c1-4-5-13-29-28(31(38)36(21(3)33-29)25-10-8-9-24(19-25)20(2)37)18-22-14-16-23(17-15-22)26-11-6-7-12-27(26)30-34-32(39)40-35-30/h6-12,14-17,19H,4-5,13,18H2,1-3H3,(H,34,35,39)/p+1. The number of aliphatic imine (C=N–C) groups is 1. The van der Waals surface area contributed by atoms with E-state index in [4.69, 9.17) is 9.52 Å². The molecule has 0 saturated heterocycles. The number of carbonyl (C=O) groups is 2. The Morgan fingerprint density at radius 1 is 0.975 bits per heavy atom. The molecule has 1 aliphatic heterocycles. The fourth-order valence-electron chi connectivity index (χ4n) is 5.03. The SMILES string of the molecule is CCCCC1=C(Cc2ccc(-c3ccccc3-c3noc(=O)[nH]3)cc2)C(=O)[NH+](c2cccc(C(C)=O)c2)C(C)=N1. The molecule has 202 valence electrons. The van der Waals surface area contributed by atoms with Crippen molar-refractivity contribution in [2.24, 2.45) is 4.99 Å². The number of hydrogen-bond acceptors (Lipinski definition) is 6. The van der Waals surface area contributed by atoms with Crippen LogP contribution < -0.4 is 10.7 Å². The Labute approximate surface area is 232 Å². The maximum absolute atomic E-state index is 14.0. The number of benzene rings is 3. The molecule has 2 heterocycles. The van der Waals surface area contributed by atoms with Crippen LogP contribution in [-0.2, 0) is 11.2 Å². The summed E-state index contributed by atoms with van der Waals surface area (Å²) in [6.07, 6.45) is 3.12. The van der Waals surface area contributed by atoms with Gasteiger partial charge in [0.1, 0.15) is 5.69 Å². The third kappa shape index (κ3) is 5.53. The molecule has 5 rings (SSSR count). The van der Waals surface area contributed by atoms with E-state index >= 15 is 0 Å². The number of nitrogens with one attached hydrogen (secondary N) is 2. The Balaban J connectivity index is 1.47.